The van der Waals surface area contributed by atoms with Crippen molar-refractivity contribution in [2.75, 3.05) is 32.1 Å². The number of β-amino-alcohol motifs (C(OH)–C–C–N with tert-alkyl or cyclic N) is 1. The third kappa shape index (κ3) is 2.80. The van der Waals surface area contributed by atoms with Gasteiger partial charge in [-0.2, -0.15) is 0 Å². The molecule has 0 radical (unpaired) electrons. The lowest BCUT2D eigenvalue weighted by Gasteiger charge is -2.29. The number of pyridine rings is 1. The first-order chi connectivity index (χ1) is 8.61. The quantitative estimate of drug-likeness (QED) is 0.790. The molecule has 0 aliphatic carbocycles. The number of nitrogens with zero attached hydrogens (tertiary/aromatic N) is 3. The Morgan fingerprint density at radius 3 is 3.00 bits per heavy atom. The zero-order valence-electron chi connectivity index (χ0n) is 11.1. The molecule has 2 atom stereocenters. The number of likely N-dealkylation sites (N-methyl/N-ethyl adjacent to an activating group) is 1. The first-order valence-corrected chi connectivity index (χ1v) is 6.35. The van der Waals surface area contributed by atoms with Gasteiger partial charge in [0.15, 0.2) is 0 Å². The van der Waals surface area contributed by atoms with E-state index in [-0.39, 0.29) is 6.10 Å². The summed E-state index contributed by atoms with van der Waals surface area (Å²) in [5.74, 6) is 0. The molecule has 1 aliphatic rings. The van der Waals surface area contributed by atoms with E-state index in [2.05, 4.69) is 28.9 Å². The van der Waals surface area contributed by atoms with E-state index >= 15 is 0 Å². The van der Waals surface area contributed by atoms with Crippen LogP contribution < -0.4 is 10.6 Å². The third-order valence-corrected chi connectivity index (χ3v) is 3.34. The zero-order valence-corrected chi connectivity index (χ0v) is 11.1. The van der Waals surface area contributed by atoms with E-state index in [0.717, 1.165) is 24.3 Å². The lowest BCUT2D eigenvalue weighted by molar-refractivity contribution is 0.191. The van der Waals surface area contributed by atoms with Gasteiger partial charge in [0.2, 0.25) is 0 Å². The van der Waals surface area contributed by atoms with Crippen molar-refractivity contribution < 1.29 is 5.11 Å². The molecule has 100 valence electrons. The van der Waals surface area contributed by atoms with Gasteiger partial charge >= 0.3 is 0 Å². The minimum absolute atomic E-state index is 0.263. The highest BCUT2D eigenvalue weighted by atomic mass is 16.3. The normalized spacial score (nSPS) is 23.9. The first-order valence-electron chi connectivity index (χ1n) is 6.35. The van der Waals surface area contributed by atoms with Gasteiger partial charge < -0.3 is 20.6 Å². The fourth-order valence-electron chi connectivity index (χ4n) is 2.63. The van der Waals surface area contributed by atoms with E-state index in [1.165, 1.54) is 0 Å². The highest BCUT2D eigenvalue weighted by Gasteiger charge is 2.32. The largest absolute Gasteiger partial charge is 0.391 e. The van der Waals surface area contributed by atoms with Gasteiger partial charge in [0, 0.05) is 31.9 Å². The van der Waals surface area contributed by atoms with Crippen LogP contribution in [-0.2, 0) is 6.54 Å². The fourth-order valence-corrected chi connectivity index (χ4v) is 2.63. The number of rotatable bonds is 4. The Kier molecular flexibility index (Phi) is 4.16. The Morgan fingerprint density at radius 2 is 2.33 bits per heavy atom. The molecular formula is C13H22N4O. The van der Waals surface area contributed by atoms with Crippen molar-refractivity contribution in [2.24, 2.45) is 5.73 Å². The molecular weight excluding hydrogens is 228 g/mol. The van der Waals surface area contributed by atoms with Crippen LogP contribution in [0.3, 0.4) is 0 Å². The standard InChI is InChI=1S/C13H22N4O/c1-16(2)8-10-6-11(18)9-17(10)13-4-3-5-15-12(13)7-14/h3-5,10-11,18H,6-9,14H2,1-2H3. The number of anilines is 1. The summed E-state index contributed by atoms with van der Waals surface area (Å²) in [5, 5.41) is 9.90. The van der Waals surface area contributed by atoms with Crippen molar-refractivity contribution in [3.05, 3.63) is 24.0 Å². The molecule has 1 aromatic rings. The molecule has 2 rings (SSSR count). The van der Waals surface area contributed by atoms with Crippen LogP contribution in [0.2, 0.25) is 0 Å². The molecule has 2 heterocycles. The smallest absolute Gasteiger partial charge is 0.0772 e. The monoisotopic (exact) mass is 250 g/mol. The average Bonchev–Trinajstić information content (AvgIpc) is 2.69. The van der Waals surface area contributed by atoms with Crippen LogP contribution in [0, 0.1) is 0 Å². The molecule has 5 heteroatoms. The molecule has 1 aromatic heterocycles. The Hall–Kier alpha value is -1.17. The molecule has 1 saturated heterocycles. The van der Waals surface area contributed by atoms with Crippen molar-refractivity contribution >= 4 is 5.69 Å². The molecule has 5 nitrogen and oxygen atoms in total. The maximum atomic E-state index is 9.90. The second-order valence-electron chi connectivity index (χ2n) is 5.13. The molecule has 0 bridgehead atoms. The maximum absolute atomic E-state index is 9.90. The summed E-state index contributed by atoms with van der Waals surface area (Å²) in [6, 6.07) is 4.28. The van der Waals surface area contributed by atoms with Gasteiger partial charge in [0.25, 0.3) is 0 Å². The van der Waals surface area contributed by atoms with Crippen LogP contribution in [0.15, 0.2) is 18.3 Å². The summed E-state index contributed by atoms with van der Waals surface area (Å²) in [6.07, 6.45) is 2.30. The summed E-state index contributed by atoms with van der Waals surface area (Å²) in [4.78, 5) is 8.70. The molecule has 3 N–H and O–H groups in total. The highest BCUT2D eigenvalue weighted by Crippen LogP contribution is 2.28. The van der Waals surface area contributed by atoms with Crippen molar-refractivity contribution in [3.63, 3.8) is 0 Å². The van der Waals surface area contributed by atoms with E-state index in [1.807, 2.05) is 12.1 Å². The Labute approximate surface area is 108 Å². The Morgan fingerprint density at radius 1 is 1.56 bits per heavy atom. The molecule has 0 saturated carbocycles. The summed E-state index contributed by atoms with van der Waals surface area (Å²) in [6.45, 7) is 2.02. The van der Waals surface area contributed by atoms with Crippen LogP contribution in [0.25, 0.3) is 0 Å². The lowest BCUT2D eigenvalue weighted by atomic mass is 10.1. The average molecular weight is 250 g/mol. The minimum atomic E-state index is -0.263. The number of nitrogens with two attached hydrogens (primary N) is 1. The summed E-state index contributed by atoms with van der Waals surface area (Å²) in [7, 11) is 4.10. The predicted octanol–water partition coefficient (Wildman–Crippen LogP) is 0.0415. The number of hydrogen-bond acceptors (Lipinski definition) is 5. The molecule has 0 aromatic carbocycles. The van der Waals surface area contributed by atoms with E-state index in [4.69, 9.17) is 5.73 Å². The van der Waals surface area contributed by atoms with Gasteiger partial charge in [-0.3, -0.25) is 4.98 Å². The van der Waals surface area contributed by atoms with Crippen LogP contribution in [-0.4, -0.2) is 54.3 Å². The van der Waals surface area contributed by atoms with E-state index in [1.54, 1.807) is 6.20 Å². The SMILES string of the molecule is CN(C)CC1CC(O)CN1c1cccnc1CN. The van der Waals surface area contributed by atoms with Gasteiger partial charge in [0.1, 0.15) is 0 Å². The van der Waals surface area contributed by atoms with Crippen molar-refractivity contribution in [2.45, 2.75) is 25.1 Å². The lowest BCUT2D eigenvalue weighted by Crippen LogP contribution is -2.38. The van der Waals surface area contributed by atoms with Crippen LogP contribution >= 0.6 is 0 Å². The topological polar surface area (TPSA) is 65.6 Å². The van der Waals surface area contributed by atoms with Crippen molar-refractivity contribution in [3.8, 4) is 0 Å². The van der Waals surface area contributed by atoms with Crippen molar-refractivity contribution in [1.82, 2.24) is 9.88 Å². The van der Waals surface area contributed by atoms with Gasteiger partial charge in [-0.15, -0.1) is 0 Å². The second-order valence-corrected chi connectivity index (χ2v) is 5.13. The summed E-state index contributed by atoms with van der Waals surface area (Å²) in [5.41, 5.74) is 7.69. The van der Waals surface area contributed by atoms with Crippen LogP contribution in [0.1, 0.15) is 12.1 Å². The Balaban J connectivity index is 2.24. The van der Waals surface area contributed by atoms with E-state index < -0.39 is 0 Å². The molecule has 1 fully saturated rings. The zero-order chi connectivity index (χ0) is 13.1. The highest BCUT2D eigenvalue weighted by molar-refractivity contribution is 5.52. The van der Waals surface area contributed by atoms with Gasteiger partial charge in [-0.1, -0.05) is 0 Å². The molecule has 1 aliphatic heterocycles. The van der Waals surface area contributed by atoms with Gasteiger partial charge in [-0.05, 0) is 32.6 Å². The predicted molar refractivity (Wildman–Crippen MR) is 72.4 cm³/mol. The summed E-state index contributed by atoms with van der Waals surface area (Å²) >= 11 is 0. The maximum Gasteiger partial charge on any atom is 0.0772 e. The van der Waals surface area contributed by atoms with Crippen molar-refractivity contribution in [1.29, 1.82) is 0 Å². The van der Waals surface area contributed by atoms with E-state index in [9.17, 15) is 5.11 Å². The Bertz CT molecular complexity index is 396. The van der Waals surface area contributed by atoms with Crippen LogP contribution in [0.5, 0.6) is 0 Å². The first kappa shape index (κ1) is 13.3. The molecule has 0 spiro atoms. The number of aliphatic hydroxyl groups is 1. The number of aromatic nitrogens is 1. The number of hydrogen-bond donors (Lipinski definition) is 2. The van der Waals surface area contributed by atoms with Gasteiger partial charge in [0.05, 0.1) is 17.5 Å². The fraction of sp³-hybridized carbons (Fsp3) is 0.615. The molecule has 18 heavy (non-hydrogen) atoms. The summed E-state index contributed by atoms with van der Waals surface area (Å²) < 4.78 is 0. The van der Waals surface area contributed by atoms with Crippen LogP contribution in [0.4, 0.5) is 5.69 Å². The molecule has 0 amide bonds. The third-order valence-electron chi connectivity index (χ3n) is 3.34. The number of aliphatic hydroxyl groups excluding tert-OH is 1. The molecule has 2 unspecified atom stereocenters. The van der Waals surface area contributed by atoms with Gasteiger partial charge in [-0.25, -0.2) is 0 Å². The van der Waals surface area contributed by atoms with E-state index in [0.29, 0.717) is 19.1 Å². The second kappa shape index (κ2) is 5.65. The minimum Gasteiger partial charge on any atom is -0.391 e.